The smallest absolute Gasteiger partial charge is 0.274 e. The molecule has 2 aromatic carbocycles. The van der Waals surface area contributed by atoms with Crippen molar-refractivity contribution in [3.05, 3.63) is 83.3 Å². The largest absolute Gasteiger partial charge is 0.494 e. The summed E-state index contributed by atoms with van der Waals surface area (Å²) in [5.74, 6) is 0.489. The zero-order chi connectivity index (χ0) is 28.9. The van der Waals surface area contributed by atoms with Crippen LogP contribution in [0.3, 0.4) is 0 Å². The zero-order valence-corrected chi connectivity index (χ0v) is 22.9. The predicted molar refractivity (Wildman–Crippen MR) is 159 cm³/mol. The highest BCUT2D eigenvalue weighted by molar-refractivity contribution is 5.99. The van der Waals surface area contributed by atoms with Crippen molar-refractivity contribution < 1.29 is 9.53 Å². The molecule has 41 heavy (non-hydrogen) atoms. The van der Waals surface area contributed by atoms with Gasteiger partial charge in [-0.25, -0.2) is 4.98 Å². The average Bonchev–Trinajstić information content (AvgIpc) is 3.01. The van der Waals surface area contributed by atoms with Crippen LogP contribution in [0, 0.1) is 11.3 Å². The minimum atomic E-state index is -0.540. The first-order valence-corrected chi connectivity index (χ1v) is 13.2. The first kappa shape index (κ1) is 27.4. The molecule has 1 amide bonds. The van der Waals surface area contributed by atoms with Gasteiger partial charge in [0, 0.05) is 55.2 Å². The Hall–Kier alpha value is -5.21. The number of aromatic nitrogens is 3. The maximum absolute atomic E-state index is 13.3. The molecule has 0 aliphatic carbocycles. The van der Waals surface area contributed by atoms with Gasteiger partial charge in [-0.15, -0.1) is 0 Å². The van der Waals surface area contributed by atoms with Crippen molar-refractivity contribution in [3.63, 3.8) is 0 Å². The minimum absolute atomic E-state index is 0.0561. The molecule has 0 saturated carbocycles. The van der Waals surface area contributed by atoms with Crippen LogP contribution in [-0.4, -0.2) is 65.2 Å². The Morgan fingerprint density at radius 2 is 1.95 bits per heavy atom. The molecule has 4 aromatic rings. The molecular weight excluding hydrogens is 520 g/mol. The number of anilines is 4. The molecule has 2 N–H and O–H groups in total. The molecule has 1 aliphatic heterocycles. The number of nitrogens with zero attached hydrogens (tertiary/aromatic N) is 6. The number of fused-ring (bicyclic) bond motifs is 1. The van der Waals surface area contributed by atoms with Crippen LogP contribution in [0.4, 0.5) is 23.0 Å². The van der Waals surface area contributed by atoms with Gasteiger partial charge in [-0.3, -0.25) is 14.2 Å². The van der Waals surface area contributed by atoms with Crippen LogP contribution in [0.2, 0.25) is 0 Å². The summed E-state index contributed by atoms with van der Waals surface area (Å²) in [6.45, 7) is 10.6. The standard InChI is InChI=1S/C30H30N8O3/c1-4-27(39)33-22-7-6-8-24(16-22)38-28-21(15-20(18-31)29(38)40)19-32-30(35-28)34-25-10-9-23(17-26(25)41-3)37-13-11-36(5-2)12-14-37/h4,6-10,15-17,19H,1,5,11-14H2,2-3H3,(H,33,39)(H,32,34,35). The number of ether oxygens (including phenoxy) is 1. The van der Waals surface area contributed by atoms with E-state index in [-0.39, 0.29) is 17.4 Å². The van der Waals surface area contributed by atoms with Crippen molar-refractivity contribution in [1.82, 2.24) is 19.4 Å². The van der Waals surface area contributed by atoms with Crippen molar-refractivity contribution >= 4 is 40.0 Å². The third-order valence-corrected chi connectivity index (χ3v) is 7.04. The van der Waals surface area contributed by atoms with Gasteiger partial charge in [-0.2, -0.15) is 10.2 Å². The molecule has 1 aliphatic rings. The van der Waals surface area contributed by atoms with Crippen molar-refractivity contribution in [2.75, 3.05) is 55.4 Å². The van der Waals surface area contributed by atoms with Crippen LogP contribution in [0.1, 0.15) is 12.5 Å². The molecule has 0 atom stereocenters. The Morgan fingerprint density at radius 3 is 2.66 bits per heavy atom. The summed E-state index contributed by atoms with van der Waals surface area (Å²) < 4.78 is 7.02. The second-order valence-corrected chi connectivity index (χ2v) is 9.46. The maximum Gasteiger partial charge on any atom is 0.274 e. The second kappa shape index (κ2) is 11.9. The van der Waals surface area contributed by atoms with E-state index in [4.69, 9.17) is 4.74 Å². The highest BCUT2D eigenvalue weighted by Crippen LogP contribution is 2.32. The average molecular weight is 551 g/mol. The van der Waals surface area contributed by atoms with Gasteiger partial charge in [0.15, 0.2) is 5.65 Å². The lowest BCUT2D eigenvalue weighted by atomic mass is 10.2. The van der Waals surface area contributed by atoms with Crippen molar-refractivity contribution in [2.24, 2.45) is 0 Å². The molecular formula is C30H30N8O3. The Morgan fingerprint density at radius 1 is 1.15 bits per heavy atom. The van der Waals surface area contributed by atoms with Gasteiger partial charge in [-0.05, 0) is 49.0 Å². The fourth-order valence-electron chi connectivity index (χ4n) is 4.82. The first-order valence-electron chi connectivity index (χ1n) is 13.2. The number of piperazine rings is 1. The van der Waals surface area contributed by atoms with Crippen LogP contribution in [0.5, 0.6) is 5.75 Å². The van der Waals surface area contributed by atoms with Gasteiger partial charge < -0.3 is 25.2 Å². The molecule has 1 saturated heterocycles. The van der Waals surface area contributed by atoms with Crippen LogP contribution in [-0.2, 0) is 4.79 Å². The number of pyridine rings is 1. The van der Waals surface area contributed by atoms with Crippen molar-refractivity contribution in [3.8, 4) is 17.5 Å². The van der Waals surface area contributed by atoms with Crippen LogP contribution in [0.25, 0.3) is 16.7 Å². The summed E-state index contributed by atoms with van der Waals surface area (Å²) in [6, 6.07) is 16.1. The third-order valence-electron chi connectivity index (χ3n) is 7.04. The summed E-state index contributed by atoms with van der Waals surface area (Å²) in [5, 5.41) is 16.0. The van der Waals surface area contributed by atoms with Gasteiger partial charge >= 0.3 is 0 Å². The molecule has 0 spiro atoms. The number of carbonyl (C=O) groups excluding carboxylic acids is 1. The number of carbonyl (C=O) groups is 1. The monoisotopic (exact) mass is 550 g/mol. The highest BCUT2D eigenvalue weighted by Gasteiger charge is 2.18. The molecule has 11 heteroatoms. The summed E-state index contributed by atoms with van der Waals surface area (Å²) in [5.41, 5.74) is 2.32. The maximum atomic E-state index is 13.3. The Bertz CT molecular complexity index is 1720. The minimum Gasteiger partial charge on any atom is -0.494 e. The first-order chi connectivity index (χ1) is 19.9. The Kier molecular flexibility index (Phi) is 7.94. The Labute approximate surface area is 237 Å². The molecule has 1 fully saturated rings. The van der Waals surface area contributed by atoms with Crippen LogP contribution in [0.15, 0.2) is 72.2 Å². The lowest BCUT2D eigenvalue weighted by Crippen LogP contribution is -2.46. The summed E-state index contributed by atoms with van der Waals surface area (Å²) >= 11 is 0. The molecule has 0 bridgehead atoms. The van der Waals surface area contributed by atoms with Gasteiger partial charge in [0.2, 0.25) is 11.9 Å². The number of rotatable bonds is 8. The van der Waals surface area contributed by atoms with Gasteiger partial charge in [-0.1, -0.05) is 19.6 Å². The van der Waals surface area contributed by atoms with E-state index in [9.17, 15) is 14.9 Å². The quantitative estimate of drug-likeness (QED) is 0.316. The Balaban J connectivity index is 1.51. The van der Waals surface area contributed by atoms with E-state index in [2.05, 4.69) is 43.9 Å². The lowest BCUT2D eigenvalue weighted by molar-refractivity contribution is -0.111. The van der Waals surface area contributed by atoms with Gasteiger partial charge in [0.05, 0.1) is 18.5 Å². The number of amides is 1. The number of hydrogen-bond acceptors (Lipinski definition) is 9. The van der Waals surface area contributed by atoms with E-state index >= 15 is 0 Å². The van der Waals surface area contributed by atoms with E-state index in [1.165, 1.54) is 10.6 Å². The summed E-state index contributed by atoms with van der Waals surface area (Å²) in [7, 11) is 1.61. The van der Waals surface area contributed by atoms with Crippen molar-refractivity contribution in [2.45, 2.75) is 6.92 Å². The number of nitriles is 1. The molecule has 11 nitrogen and oxygen atoms in total. The van der Waals surface area contributed by atoms with Crippen LogP contribution < -0.4 is 25.8 Å². The molecule has 0 radical (unpaired) electrons. The molecule has 0 unspecified atom stereocenters. The topological polar surface area (TPSA) is 128 Å². The van der Waals surface area contributed by atoms with Gasteiger partial charge in [0.25, 0.3) is 5.56 Å². The molecule has 208 valence electrons. The summed E-state index contributed by atoms with van der Waals surface area (Å²) in [6.07, 6.45) is 2.71. The van der Waals surface area contributed by atoms with E-state index in [1.807, 2.05) is 24.3 Å². The normalized spacial score (nSPS) is 13.4. The van der Waals surface area contributed by atoms with E-state index in [1.54, 1.807) is 37.6 Å². The molecule has 2 aromatic heterocycles. The number of methoxy groups -OCH3 is 1. The SMILES string of the molecule is C=CC(=O)Nc1cccc(-n2c(=O)c(C#N)cc3cnc(Nc4ccc(N5CCN(CC)CC5)cc4OC)nc32)c1. The highest BCUT2D eigenvalue weighted by atomic mass is 16.5. The summed E-state index contributed by atoms with van der Waals surface area (Å²) in [4.78, 5) is 39.0. The van der Waals surface area contributed by atoms with E-state index in [0.717, 1.165) is 44.5 Å². The zero-order valence-electron chi connectivity index (χ0n) is 22.9. The number of benzene rings is 2. The van der Waals surface area contributed by atoms with Crippen LogP contribution >= 0.6 is 0 Å². The number of likely N-dealkylation sites (N-methyl/N-ethyl adjacent to an activating group) is 1. The molecule has 5 rings (SSSR count). The van der Waals surface area contributed by atoms with Gasteiger partial charge in [0.1, 0.15) is 17.4 Å². The number of nitrogens with one attached hydrogen (secondary N) is 2. The lowest BCUT2D eigenvalue weighted by Gasteiger charge is -2.35. The van der Waals surface area contributed by atoms with E-state index < -0.39 is 5.56 Å². The predicted octanol–water partition coefficient (Wildman–Crippen LogP) is 3.67. The van der Waals surface area contributed by atoms with E-state index in [0.29, 0.717) is 33.8 Å². The second-order valence-electron chi connectivity index (χ2n) is 9.46. The third kappa shape index (κ3) is 5.73. The fourth-order valence-corrected chi connectivity index (χ4v) is 4.82. The van der Waals surface area contributed by atoms with Crippen molar-refractivity contribution in [1.29, 1.82) is 5.26 Å². The fraction of sp³-hybridized carbons (Fsp3) is 0.233. The molecule has 3 heterocycles. The number of hydrogen-bond donors (Lipinski definition) is 2.